The number of rotatable bonds is 4. The van der Waals surface area contributed by atoms with Crippen molar-refractivity contribution in [1.82, 2.24) is 9.78 Å². The first-order valence-electron chi connectivity index (χ1n) is 7.40. The van der Waals surface area contributed by atoms with E-state index in [9.17, 15) is 18.0 Å². The average Bonchev–Trinajstić information content (AvgIpc) is 2.48. The second kappa shape index (κ2) is 7.25. The number of halogens is 5. The molecule has 0 aliphatic carbocycles. The van der Waals surface area contributed by atoms with Crippen molar-refractivity contribution in [2.75, 3.05) is 0 Å². The normalized spacial score (nSPS) is 11.9. The van der Waals surface area contributed by atoms with Crippen LogP contribution in [0.2, 0.25) is 10.0 Å². The van der Waals surface area contributed by atoms with Gasteiger partial charge in [-0.15, -0.1) is 0 Å². The maximum atomic E-state index is 13.0. The maximum Gasteiger partial charge on any atom is 0.418 e. The van der Waals surface area contributed by atoms with Gasteiger partial charge in [-0.05, 0) is 26.3 Å². The predicted octanol–water partition coefficient (Wildman–Crippen LogP) is 4.91. The van der Waals surface area contributed by atoms with Crippen LogP contribution in [0.1, 0.15) is 31.9 Å². The molecule has 1 aromatic carbocycles. The van der Waals surface area contributed by atoms with Crippen molar-refractivity contribution in [2.45, 2.75) is 39.5 Å². The third-order valence-corrected chi connectivity index (χ3v) is 3.93. The lowest BCUT2D eigenvalue weighted by Crippen LogP contribution is -2.29. The molecule has 0 fully saturated rings. The number of benzene rings is 1. The fourth-order valence-corrected chi connectivity index (χ4v) is 2.78. The van der Waals surface area contributed by atoms with Crippen molar-refractivity contribution in [1.29, 1.82) is 0 Å². The highest BCUT2D eigenvalue weighted by molar-refractivity contribution is 6.36. The average molecular weight is 395 g/mol. The van der Waals surface area contributed by atoms with E-state index in [0.717, 1.165) is 4.68 Å². The Kier molecular flexibility index (Phi) is 5.68. The molecule has 0 atom stereocenters. The molecule has 0 aliphatic heterocycles. The van der Waals surface area contributed by atoms with Crippen LogP contribution in [0.15, 0.2) is 23.1 Å². The predicted molar refractivity (Wildman–Crippen MR) is 90.0 cm³/mol. The van der Waals surface area contributed by atoms with Gasteiger partial charge in [0.1, 0.15) is 5.75 Å². The van der Waals surface area contributed by atoms with Crippen molar-refractivity contribution >= 4 is 23.2 Å². The van der Waals surface area contributed by atoms with Gasteiger partial charge in [0, 0.05) is 11.6 Å². The van der Waals surface area contributed by atoms with Crippen LogP contribution < -0.4 is 10.3 Å². The molecular weight excluding hydrogens is 380 g/mol. The third kappa shape index (κ3) is 4.10. The Balaban J connectivity index is 2.69. The summed E-state index contributed by atoms with van der Waals surface area (Å²) in [5.74, 6) is 0.253. The second-order valence-electron chi connectivity index (χ2n) is 5.51. The first-order chi connectivity index (χ1) is 11.6. The van der Waals surface area contributed by atoms with Crippen molar-refractivity contribution in [2.24, 2.45) is 0 Å². The topological polar surface area (TPSA) is 44.1 Å². The Morgan fingerprint density at radius 3 is 2.40 bits per heavy atom. The van der Waals surface area contributed by atoms with Gasteiger partial charge >= 0.3 is 6.18 Å². The number of hydrogen-bond acceptors (Lipinski definition) is 3. The fourth-order valence-electron chi connectivity index (χ4n) is 2.27. The zero-order chi connectivity index (χ0) is 18.9. The lowest BCUT2D eigenvalue weighted by Gasteiger charge is -2.16. The van der Waals surface area contributed by atoms with E-state index in [4.69, 9.17) is 27.9 Å². The Morgan fingerprint density at radius 1 is 1.24 bits per heavy atom. The van der Waals surface area contributed by atoms with Gasteiger partial charge in [0.15, 0.2) is 0 Å². The molecule has 0 amide bonds. The van der Waals surface area contributed by atoms with Gasteiger partial charge in [-0.3, -0.25) is 4.79 Å². The molecule has 0 saturated heterocycles. The van der Waals surface area contributed by atoms with Crippen molar-refractivity contribution in [3.8, 4) is 11.4 Å². The molecular formula is C16H15Cl2F3N2O2. The molecule has 4 nitrogen and oxygen atoms in total. The van der Waals surface area contributed by atoms with Gasteiger partial charge < -0.3 is 4.74 Å². The summed E-state index contributed by atoms with van der Waals surface area (Å²) < 4.78 is 45.5. The number of nitrogens with zero attached hydrogens (tertiary/aromatic N) is 2. The summed E-state index contributed by atoms with van der Waals surface area (Å²) in [6.07, 6.45) is -4.34. The minimum atomic E-state index is -4.66. The van der Waals surface area contributed by atoms with E-state index < -0.39 is 17.3 Å². The Labute approximate surface area is 152 Å². The number of alkyl halides is 3. The highest BCUT2D eigenvalue weighted by Gasteiger charge is 2.35. The van der Waals surface area contributed by atoms with Gasteiger partial charge in [0.25, 0.3) is 5.56 Å². The van der Waals surface area contributed by atoms with E-state index in [1.165, 1.54) is 19.1 Å². The minimum absolute atomic E-state index is 0.0671. The molecule has 0 unspecified atom stereocenters. The van der Waals surface area contributed by atoms with Crippen molar-refractivity contribution < 1.29 is 17.9 Å². The van der Waals surface area contributed by atoms with Crippen LogP contribution in [0.25, 0.3) is 5.69 Å². The molecule has 0 saturated carbocycles. The van der Waals surface area contributed by atoms with Crippen LogP contribution in [0.5, 0.6) is 5.75 Å². The molecule has 136 valence electrons. The van der Waals surface area contributed by atoms with E-state index in [2.05, 4.69) is 5.10 Å². The van der Waals surface area contributed by atoms with E-state index in [1.807, 2.05) is 0 Å². The highest BCUT2D eigenvalue weighted by atomic mass is 35.5. The summed E-state index contributed by atoms with van der Waals surface area (Å²) in [6.45, 7) is 5.03. The van der Waals surface area contributed by atoms with Gasteiger partial charge in [0.2, 0.25) is 0 Å². The van der Waals surface area contributed by atoms with Crippen molar-refractivity contribution in [3.63, 3.8) is 0 Å². The smallest absolute Gasteiger partial charge is 0.418 e. The van der Waals surface area contributed by atoms with E-state index >= 15 is 0 Å². The Morgan fingerprint density at radius 2 is 1.88 bits per heavy atom. The number of hydrogen-bond donors (Lipinski definition) is 0. The first kappa shape index (κ1) is 19.6. The summed E-state index contributed by atoms with van der Waals surface area (Å²) in [6, 6.07) is 2.74. The second-order valence-corrected chi connectivity index (χ2v) is 6.32. The molecule has 0 bridgehead atoms. The summed E-state index contributed by atoms with van der Waals surface area (Å²) in [5, 5.41) is 3.92. The van der Waals surface area contributed by atoms with Gasteiger partial charge in [-0.2, -0.15) is 23.0 Å². The van der Waals surface area contributed by atoms with Crippen LogP contribution in [0, 0.1) is 0 Å². The highest BCUT2D eigenvalue weighted by Crippen LogP contribution is 2.34. The molecule has 1 heterocycles. The molecule has 9 heteroatoms. The monoisotopic (exact) mass is 394 g/mol. The summed E-state index contributed by atoms with van der Waals surface area (Å²) in [4.78, 5) is 12.5. The molecule has 2 rings (SSSR count). The lowest BCUT2D eigenvalue weighted by molar-refractivity contribution is -0.138. The molecule has 0 aliphatic rings. The first-order valence-corrected chi connectivity index (χ1v) is 8.16. The molecule has 2 aromatic rings. The van der Waals surface area contributed by atoms with Gasteiger partial charge in [0.05, 0.1) is 33.6 Å². The van der Waals surface area contributed by atoms with Crippen LogP contribution in [0.3, 0.4) is 0 Å². The summed E-state index contributed by atoms with van der Waals surface area (Å²) >= 11 is 12.2. The maximum absolute atomic E-state index is 13.0. The Bertz CT molecular complexity index is 848. The molecule has 25 heavy (non-hydrogen) atoms. The molecule has 0 N–H and O–H groups in total. The van der Waals surface area contributed by atoms with Gasteiger partial charge in [-0.25, -0.2) is 0 Å². The summed E-state index contributed by atoms with van der Waals surface area (Å²) in [7, 11) is 0. The van der Waals surface area contributed by atoms with Crippen molar-refractivity contribution in [3.05, 3.63) is 49.9 Å². The van der Waals surface area contributed by atoms with Crippen LogP contribution in [0.4, 0.5) is 13.2 Å². The SMILES string of the molecule is CCc1c(C(F)(F)F)cnn(-c2cc(OC(C)C)c(Cl)cc2Cl)c1=O. The van der Waals surface area contributed by atoms with Gasteiger partial charge in [-0.1, -0.05) is 30.1 Å². The number of ether oxygens (including phenoxy) is 1. The zero-order valence-corrected chi connectivity index (χ0v) is 15.1. The Hall–Kier alpha value is -1.73. The largest absolute Gasteiger partial charge is 0.489 e. The fraction of sp³-hybridized carbons (Fsp3) is 0.375. The molecule has 1 aromatic heterocycles. The van der Waals surface area contributed by atoms with Crippen LogP contribution >= 0.6 is 23.2 Å². The van der Waals surface area contributed by atoms with E-state index in [0.29, 0.717) is 6.20 Å². The molecule has 0 spiro atoms. The molecule has 0 radical (unpaired) electrons. The number of aromatic nitrogens is 2. The van der Waals surface area contributed by atoms with E-state index in [-0.39, 0.29) is 39.6 Å². The third-order valence-electron chi connectivity index (χ3n) is 3.33. The van der Waals surface area contributed by atoms with E-state index in [1.54, 1.807) is 13.8 Å². The summed E-state index contributed by atoms with van der Waals surface area (Å²) in [5.41, 5.74) is -2.24. The zero-order valence-electron chi connectivity index (χ0n) is 13.6. The van der Waals surface area contributed by atoms with Crippen LogP contribution in [-0.4, -0.2) is 15.9 Å². The quantitative estimate of drug-likeness (QED) is 0.739. The van der Waals surface area contributed by atoms with Crippen LogP contribution in [-0.2, 0) is 12.6 Å². The minimum Gasteiger partial charge on any atom is -0.489 e. The lowest BCUT2D eigenvalue weighted by atomic mass is 10.1. The standard InChI is InChI=1S/C16H15Cl2F3N2O2/c1-4-9-10(16(19,20)21)7-22-23(15(9)24)13-6-14(25-8(2)3)12(18)5-11(13)17/h5-8H,4H2,1-3H3.